The molecule has 0 unspecified atom stereocenters. The van der Waals surface area contributed by atoms with Crippen molar-refractivity contribution >= 4 is 37.5 Å². The number of hydrogen-bond acceptors (Lipinski definition) is 4. The number of hydrogen-bond donors (Lipinski definition) is 3. The van der Waals surface area contributed by atoms with Crippen LogP contribution in [0.2, 0.25) is 0 Å². The van der Waals surface area contributed by atoms with E-state index in [9.17, 15) is 13.2 Å². The van der Waals surface area contributed by atoms with Crippen molar-refractivity contribution in [1.29, 1.82) is 0 Å². The van der Waals surface area contributed by atoms with E-state index in [1.54, 1.807) is 6.07 Å². The van der Waals surface area contributed by atoms with E-state index in [1.165, 1.54) is 6.07 Å². The van der Waals surface area contributed by atoms with Gasteiger partial charge < -0.3 is 10.4 Å². The number of aliphatic hydroxyl groups is 1. The van der Waals surface area contributed by atoms with Crippen molar-refractivity contribution in [3.05, 3.63) is 22.2 Å². The van der Waals surface area contributed by atoms with Crippen molar-refractivity contribution in [3.8, 4) is 0 Å². The first-order valence-electron chi connectivity index (χ1n) is 5.67. The maximum atomic E-state index is 12.1. The molecule has 0 aromatic heterocycles. The van der Waals surface area contributed by atoms with Gasteiger partial charge in [-0.3, -0.25) is 4.79 Å². The summed E-state index contributed by atoms with van der Waals surface area (Å²) in [5, 5.41) is 11.3. The van der Waals surface area contributed by atoms with Crippen LogP contribution in [0, 0.1) is 0 Å². The second kappa shape index (κ2) is 5.58. The molecule has 1 amide bonds. The average Bonchev–Trinajstić information content (AvgIpc) is 2.67. The molecule has 1 aliphatic heterocycles. The highest BCUT2D eigenvalue weighted by atomic mass is 79.9. The number of anilines is 1. The number of benzene rings is 1. The van der Waals surface area contributed by atoms with E-state index < -0.39 is 10.0 Å². The summed E-state index contributed by atoms with van der Waals surface area (Å²) in [5.41, 5.74) is 1.29. The average molecular weight is 349 g/mol. The molecule has 0 aliphatic carbocycles. The van der Waals surface area contributed by atoms with Gasteiger partial charge in [0.15, 0.2) is 0 Å². The number of fused-ring (bicyclic) bond motifs is 1. The third-order valence-electron chi connectivity index (χ3n) is 2.70. The molecule has 0 radical (unpaired) electrons. The van der Waals surface area contributed by atoms with Crippen molar-refractivity contribution in [1.82, 2.24) is 4.72 Å². The van der Waals surface area contributed by atoms with Crippen LogP contribution in [-0.4, -0.2) is 32.6 Å². The number of halogens is 1. The van der Waals surface area contributed by atoms with Crippen LogP contribution in [0.4, 0.5) is 5.69 Å². The first-order valence-corrected chi connectivity index (χ1v) is 7.94. The first-order chi connectivity index (χ1) is 8.94. The number of carbonyl (C=O) groups excluding carboxylic acids is 1. The summed E-state index contributed by atoms with van der Waals surface area (Å²) in [6.45, 7) is 0.0891. The van der Waals surface area contributed by atoms with Gasteiger partial charge in [0.1, 0.15) is 0 Å². The minimum Gasteiger partial charge on any atom is -0.396 e. The molecule has 19 heavy (non-hydrogen) atoms. The van der Waals surface area contributed by atoms with E-state index in [0.717, 1.165) is 0 Å². The Kier molecular flexibility index (Phi) is 4.24. The van der Waals surface area contributed by atoms with Crippen molar-refractivity contribution < 1.29 is 18.3 Å². The molecule has 6 nitrogen and oxygen atoms in total. The van der Waals surface area contributed by atoms with Crippen LogP contribution >= 0.6 is 15.9 Å². The largest absolute Gasteiger partial charge is 0.396 e. The smallest absolute Gasteiger partial charge is 0.241 e. The summed E-state index contributed by atoms with van der Waals surface area (Å²) in [6, 6.07) is 3.07. The molecule has 0 saturated carbocycles. The standard InChI is InChI=1S/C11H13BrN2O4S/c12-8-6-9-7(5-11(16)14-9)4-10(8)19(17,18)13-2-1-3-15/h4,6,13,15H,1-3,5H2,(H,14,16). The predicted molar refractivity (Wildman–Crippen MR) is 73.4 cm³/mol. The van der Waals surface area contributed by atoms with E-state index >= 15 is 0 Å². The molecular weight excluding hydrogens is 336 g/mol. The molecular formula is C11H13BrN2O4S. The number of amides is 1. The Balaban J connectivity index is 2.30. The van der Waals surface area contributed by atoms with Gasteiger partial charge in [0.05, 0.1) is 11.3 Å². The Morgan fingerprint density at radius 2 is 2.16 bits per heavy atom. The second-order valence-corrected chi connectivity index (χ2v) is 6.73. The number of sulfonamides is 1. The van der Waals surface area contributed by atoms with E-state index in [1.807, 2.05) is 0 Å². The SMILES string of the molecule is O=C1Cc2cc(S(=O)(=O)NCCCO)c(Br)cc2N1. The van der Waals surface area contributed by atoms with Crippen molar-refractivity contribution in [2.45, 2.75) is 17.7 Å². The van der Waals surface area contributed by atoms with Gasteiger partial charge in [-0.15, -0.1) is 0 Å². The van der Waals surface area contributed by atoms with Gasteiger partial charge in [0, 0.05) is 23.3 Å². The lowest BCUT2D eigenvalue weighted by Crippen LogP contribution is -2.25. The minimum atomic E-state index is -3.65. The van der Waals surface area contributed by atoms with Crippen LogP contribution in [-0.2, 0) is 21.2 Å². The molecule has 104 valence electrons. The summed E-state index contributed by atoms with van der Waals surface area (Å²) < 4.78 is 27.0. The molecule has 3 N–H and O–H groups in total. The zero-order valence-electron chi connectivity index (χ0n) is 9.94. The van der Waals surface area contributed by atoms with Crippen LogP contribution < -0.4 is 10.0 Å². The Hall–Kier alpha value is -0.960. The van der Waals surface area contributed by atoms with Gasteiger partial charge in [-0.2, -0.15) is 0 Å². The predicted octanol–water partition coefficient (Wildman–Crippen LogP) is 0.604. The van der Waals surface area contributed by atoms with Crippen LogP contribution in [0.5, 0.6) is 0 Å². The fraction of sp³-hybridized carbons (Fsp3) is 0.364. The highest BCUT2D eigenvalue weighted by Crippen LogP contribution is 2.32. The monoisotopic (exact) mass is 348 g/mol. The van der Waals surface area contributed by atoms with Crippen molar-refractivity contribution in [2.24, 2.45) is 0 Å². The van der Waals surface area contributed by atoms with E-state index in [2.05, 4.69) is 26.0 Å². The third kappa shape index (κ3) is 3.14. The molecule has 8 heteroatoms. The summed E-state index contributed by atoms with van der Waals surface area (Å²) in [7, 11) is -3.65. The molecule has 0 bridgehead atoms. The fourth-order valence-electron chi connectivity index (χ4n) is 1.79. The Labute approximate surface area is 119 Å². The third-order valence-corrected chi connectivity index (χ3v) is 5.12. The van der Waals surface area contributed by atoms with Gasteiger partial charge in [0.2, 0.25) is 15.9 Å². The zero-order valence-corrected chi connectivity index (χ0v) is 12.3. The highest BCUT2D eigenvalue weighted by molar-refractivity contribution is 9.10. The van der Waals surface area contributed by atoms with E-state index in [-0.39, 0.29) is 30.4 Å². The maximum absolute atomic E-state index is 12.1. The van der Waals surface area contributed by atoms with Gasteiger partial charge in [-0.1, -0.05) is 0 Å². The molecule has 0 atom stereocenters. The first kappa shape index (κ1) is 14.4. The number of nitrogens with one attached hydrogen (secondary N) is 2. The summed E-state index contributed by atoms with van der Waals surface area (Å²) >= 11 is 3.19. The minimum absolute atomic E-state index is 0.0771. The lowest BCUT2D eigenvalue weighted by atomic mass is 10.2. The lowest BCUT2D eigenvalue weighted by molar-refractivity contribution is -0.115. The summed E-state index contributed by atoms with van der Waals surface area (Å²) in [6.07, 6.45) is 0.531. The molecule has 2 rings (SSSR count). The maximum Gasteiger partial charge on any atom is 0.241 e. The zero-order chi connectivity index (χ0) is 14.0. The molecule has 1 heterocycles. The topological polar surface area (TPSA) is 95.5 Å². The molecule has 1 aromatic carbocycles. The summed E-state index contributed by atoms with van der Waals surface area (Å²) in [4.78, 5) is 11.4. The fourth-order valence-corrected chi connectivity index (χ4v) is 3.96. The van der Waals surface area contributed by atoms with Gasteiger partial charge in [-0.05, 0) is 40.0 Å². The lowest BCUT2D eigenvalue weighted by Gasteiger charge is -2.10. The van der Waals surface area contributed by atoms with Crippen LogP contribution in [0.15, 0.2) is 21.5 Å². The number of aliphatic hydroxyl groups excluding tert-OH is 1. The van der Waals surface area contributed by atoms with Crippen molar-refractivity contribution in [2.75, 3.05) is 18.5 Å². The Bertz CT molecular complexity index is 615. The quantitative estimate of drug-likeness (QED) is 0.679. The molecule has 0 spiro atoms. The molecule has 0 saturated heterocycles. The van der Waals surface area contributed by atoms with E-state index in [4.69, 9.17) is 5.11 Å². The highest BCUT2D eigenvalue weighted by Gasteiger charge is 2.24. The van der Waals surface area contributed by atoms with Crippen LogP contribution in [0.3, 0.4) is 0 Å². The van der Waals surface area contributed by atoms with Gasteiger partial charge in [0.25, 0.3) is 0 Å². The molecule has 1 aliphatic rings. The van der Waals surface area contributed by atoms with Gasteiger partial charge in [-0.25, -0.2) is 13.1 Å². The van der Waals surface area contributed by atoms with E-state index in [0.29, 0.717) is 22.1 Å². The van der Waals surface area contributed by atoms with Gasteiger partial charge >= 0.3 is 0 Å². The second-order valence-electron chi connectivity index (χ2n) is 4.14. The van der Waals surface area contributed by atoms with Crippen molar-refractivity contribution in [3.63, 3.8) is 0 Å². The van der Waals surface area contributed by atoms with Crippen LogP contribution in [0.1, 0.15) is 12.0 Å². The summed E-state index contributed by atoms with van der Waals surface area (Å²) in [5.74, 6) is -0.148. The Morgan fingerprint density at radius 3 is 2.84 bits per heavy atom. The number of rotatable bonds is 5. The van der Waals surface area contributed by atoms with Crippen LogP contribution in [0.25, 0.3) is 0 Å². The molecule has 0 fully saturated rings. The Morgan fingerprint density at radius 1 is 1.42 bits per heavy atom. The molecule has 1 aromatic rings. The normalized spacial score (nSPS) is 14.3. The number of carbonyl (C=O) groups is 1.